The van der Waals surface area contributed by atoms with E-state index in [4.69, 9.17) is 9.97 Å². The Kier molecular flexibility index (Phi) is 4.86. The Morgan fingerprint density at radius 3 is 1.14 bits per heavy atom. The molecule has 0 amide bonds. The molecule has 0 spiro atoms. The third kappa shape index (κ3) is 4.01. The third-order valence-electron chi connectivity index (χ3n) is 5.20. The number of hydrogen-bond acceptors (Lipinski definition) is 4. The monoisotopic (exact) mass is 392 g/mol. The van der Waals surface area contributed by atoms with Gasteiger partial charge in [0.05, 0.1) is 22.8 Å². The van der Waals surface area contributed by atoms with Crippen molar-refractivity contribution in [2.75, 3.05) is 0 Å². The summed E-state index contributed by atoms with van der Waals surface area (Å²) in [6.45, 7) is 12.0. The molecule has 4 N–H and O–H groups in total. The number of rotatable bonds is 6. The maximum atomic E-state index is 4.73. The molecule has 0 aliphatic rings. The highest BCUT2D eigenvalue weighted by atomic mass is 15.0. The normalized spacial score (nSPS) is 11.5. The number of aromatic amines is 4. The van der Waals surface area contributed by atoms with Crippen LogP contribution in [-0.2, 0) is 19.3 Å². The lowest BCUT2D eigenvalue weighted by atomic mass is 10.1. The number of aromatic nitrogens is 8. The molecule has 4 heterocycles. The molecule has 0 saturated heterocycles. The topological polar surface area (TPSA) is 115 Å². The van der Waals surface area contributed by atoms with Crippen LogP contribution in [0.25, 0.3) is 0 Å². The van der Waals surface area contributed by atoms with Crippen LogP contribution in [0.2, 0.25) is 0 Å². The molecule has 4 aromatic rings. The lowest BCUT2D eigenvalue weighted by Crippen LogP contribution is -2.02. The summed E-state index contributed by atoms with van der Waals surface area (Å²) in [7, 11) is 0. The van der Waals surface area contributed by atoms with E-state index in [1.807, 2.05) is 27.7 Å². The lowest BCUT2D eigenvalue weighted by Gasteiger charge is -2.04. The fourth-order valence-electron chi connectivity index (χ4n) is 3.92. The number of nitrogens with zero attached hydrogens (tertiary/aromatic N) is 4. The van der Waals surface area contributed by atoms with Crippen LogP contribution < -0.4 is 0 Å². The largest absolute Gasteiger partial charge is 0.346 e. The summed E-state index contributed by atoms with van der Waals surface area (Å²) in [5.74, 6) is 3.69. The molecule has 0 aliphatic heterocycles. The quantitative estimate of drug-likeness (QED) is 0.403. The first-order valence-corrected chi connectivity index (χ1v) is 9.91. The van der Waals surface area contributed by atoms with Gasteiger partial charge in [-0.15, -0.1) is 0 Å². The fraction of sp³-hybridized carbons (Fsp3) is 0.429. The summed E-state index contributed by atoms with van der Waals surface area (Å²) < 4.78 is 0. The van der Waals surface area contributed by atoms with Crippen LogP contribution in [0, 0.1) is 41.5 Å². The van der Waals surface area contributed by atoms with Gasteiger partial charge in [-0.3, -0.25) is 0 Å². The van der Waals surface area contributed by atoms with Gasteiger partial charge in [-0.2, -0.15) is 0 Å². The lowest BCUT2D eigenvalue weighted by molar-refractivity contribution is 0.942. The Hall–Kier alpha value is -3.16. The van der Waals surface area contributed by atoms with Crippen molar-refractivity contribution < 1.29 is 0 Å². The molecule has 0 fully saturated rings. The second kappa shape index (κ2) is 7.35. The molecule has 8 heteroatoms. The van der Waals surface area contributed by atoms with Crippen molar-refractivity contribution >= 4 is 0 Å². The number of hydrogen-bond donors (Lipinski definition) is 4. The van der Waals surface area contributed by atoms with Crippen molar-refractivity contribution in [3.8, 4) is 0 Å². The van der Waals surface area contributed by atoms with Crippen LogP contribution in [0.4, 0.5) is 0 Å². The van der Waals surface area contributed by atoms with Crippen LogP contribution in [0.1, 0.15) is 68.8 Å². The summed E-state index contributed by atoms with van der Waals surface area (Å²) in [6.07, 6.45) is 2.13. The van der Waals surface area contributed by atoms with Crippen molar-refractivity contribution in [3.63, 3.8) is 0 Å². The molecular formula is C21H28N8. The summed E-state index contributed by atoms with van der Waals surface area (Å²) >= 11 is 0. The first-order chi connectivity index (χ1) is 13.8. The average molecular weight is 393 g/mol. The van der Waals surface area contributed by atoms with Gasteiger partial charge in [-0.05, 0) is 41.5 Å². The van der Waals surface area contributed by atoms with E-state index in [9.17, 15) is 0 Å². The Morgan fingerprint density at radius 2 is 0.793 bits per heavy atom. The van der Waals surface area contributed by atoms with Crippen LogP contribution in [0.3, 0.4) is 0 Å². The fourth-order valence-corrected chi connectivity index (χ4v) is 3.92. The van der Waals surface area contributed by atoms with Crippen LogP contribution in [0.15, 0.2) is 0 Å². The number of nitrogens with one attached hydrogen (secondary N) is 4. The highest BCUT2D eigenvalue weighted by Crippen LogP contribution is 2.20. The molecule has 0 aliphatic carbocycles. The number of imidazole rings is 4. The van der Waals surface area contributed by atoms with E-state index in [-0.39, 0.29) is 0 Å². The highest BCUT2D eigenvalue weighted by Gasteiger charge is 2.18. The zero-order chi connectivity index (χ0) is 20.7. The molecule has 8 nitrogen and oxygen atoms in total. The molecule has 29 heavy (non-hydrogen) atoms. The van der Waals surface area contributed by atoms with Gasteiger partial charge < -0.3 is 19.9 Å². The predicted molar refractivity (Wildman–Crippen MR) is 111 cm³/mol. The Balaban J connectivity index is 1.62. The van der Waals surface area contributed by atoms with Crippen molar-refractivity contribution in [1.29, 1.82) is 0 Å². The molecule has 0 atom stereocenters. The van der Waals surface area contributed by atoms with Crippen molar-refractivity contribution in [1.82, 2.24) is 39.9 Å². The van der Waals surface area contributed by atoms with Gasteiger partial charge in [0.15, 0.2) is 0 Å². The minimum Gasteiger partial charge on any atom is -0.346 e. The summed E-state index contributed by atoms with van der Waals surface area (Å²) in [6, 6.07) is 0. The maximum Gasteiger partial charge on any atom is 0.103 e. The van der Waals surface area contributed by atoms with Gasteiger partial charge in [-0.1, -0.05) is 0 Å². The van der Waals surface area contributed by atoms with Gasteiger partial charge in [-0.25, -0.2) is 19.9 Å². The predicted octanol–water partition coefficient (Wildman–Crippen LogP) is 3.20. The van der Waals surface area contributed by atoms with Crippen LogP contribution in [0.5, 0.6) is 0 Å². The van der Waals surface area contributed by atoms with Crippen LogP contribution >= 0.6 is 0 Å². The summed E-state index contributed by atoms with van der Waals surface area (Å²) in [5, 5.41) is 0. The Morgan fingerprint density at radius 1 is 0.448 bits per heavy atom. The van der Waals surface area contributed by atoms with E-state index in [0.717, 1.165) is 75.3 Å². The van der Waals surface area contributed by atoms with E-state index in [1.54, 1.807) is 0 Å². The van der Waals surface area contributed by atoms with Gasteiger partial charge >= 0.3 is 0 Å². The van der Waals surface area contributed by atoms with Gasteiger partial charge in [0, 0.05) is 42.0 Å². The van der Waals surface area contributed by atoms with Crippen molar-refractivity contribution in [3.05, 3.63) is 68.8 Å². The molecule has 0 bridgehead atoms. The molecule has 0 saturated carbocycles. The Labute approximate surface area is 170 Å². The second-order valence-electron chi connectivity index (χ2n) is 7.81. The molecule has 0 radical (unpaired) electrons. The number of H-pyrrole nitrogens is 4. The van der Waals surface area contributed by atoms with Crippen molar-refractivity contribution in [2.45, 2.75) is 60.8 Å². The minimum atomic E-state index is 0.704. The van der Waals surface area contributed by atoms with Crippen molar-refractivity contribution in [2.24, 2.45) is 0 Å². The highest BCUT2D eigenvalue weighted by molar-refractivity contribution is 5.31. The molecule has 0 aromatic carbocycles. The summed E-state index contributed by atoms with van der Waals surface area (Å²) in [4.78, 5) is 32.1. The van der Waals surface area contributed by atoms with Gasteiger partial charge in [0.25, 0.3) is 0 Å². The SMILES string of the molecule is Cc1nc(Cc2nc(C)[nH]c2Cc2[nH]c(C)nc2Cc2nc(C)[nH]c2C)c(C)[nH]1. The van der Waals surface area contributed by atoms with E-state index in [2.05, 4.69) is 43.8 Å². The first-order valence-electron chi connectivity index (χ1n) is 9.91. The third-order valence-corrected chi connectivity index (χ3v) is 5.20. The van der Waals surface area contributed by atoms with E-state index in [1.165, 1.54) is 0 Å². The number of aryl methyl sites for hydroxylation is 6. The standard InChI is InChI=1S/C21H28N8/c1-10-16(24-12(3)22-10)7-18-20(28-14(5)26-18)9-21-19(27-15(6)29-21)8-17-11(2)23-13(4)25-17/h7-9H2,1-6H3,(H,22,24)(H,23,25)(H,26,28)(H,27,29). The van der Waals surface area contributed by atoms with E-state index >= 15 is 0 Å². The van der Waals surface area contributed by atoms with Gasteiger partial charge in [0.1, 0.15) is 23.3 Å². The molecule has 0 unspecified atom stereocenters. The van der Waals surface area contributed by atoms with E-state index in [0.29, 0.717) is 12.8 Å². The van der Waals surface area contributed by atoms with E-state index < -0.39 is 0 Å². The molecule has 4 aromatic heterocycles. The zero-order valence-corrected chi connectivity index (χ0v) is 17.9. The first kappa shape index (κ1) is 19.2. The van der Waals surface area contributed by atoms with Gasteiger partial charge in [0.2, 0.25) is 0 Å². The second-order valence-corrected chi connectivity index (χ2v) is 7.81. The molecule has 152 valence electrons. The average Bonchev–Trinajstić information content (AvgIpc) is 3.32. The minimum absolute atomic E-state index is 0.704. The Bertz CT molecular complexity index is 1060. The smallest absolute Gasteiger partial charge is 0.103 e. The summed E-state index contributed by atoms with van der Waals surface area (Å²) in [5.41, 5.74) is 8.53. The zero-order valence-electron chi connectivity index (χ0n) is 17.9. The van der Waals surface area contributed by atoms with Crippen LogP contribution in [-0.4, -0.2) is 39.9 Å². The molecule has 4 rings (SSSR count). The molecular weight excluding hydrogens is 364 g/mol. The maximum absolute atomic E-state index is 4.73.